The molecule has 0 bridgehead atoms. The van der Waals surface area contributed by atoms with Crippen LogP contribution in [0.25, 0.3) is 0 Å². The van der Waals surface area contributed by atoms with E-state index >= 15 is 0 Å². The fourth-order valence-corrected chi connectivity index (χ4v) is 1.71. The Labute approximate surface area is 85.0 Å². The van der Waals surface area contributed by atoms with Crippen LogP contribution in [0.2, 0.25) is 0 Å². The molecule has 1 aromatic heterocycles. The summed E-state index contributed by atoms with van der Waals surface area (Å²) in [7, 11) is 0. The Balaban J connectivity index is 3.22. The zero-order chi connectivity index (χ0) is 10.9. The maximum atomic E-state index is 5.54. The second-order valence-electron chi connectivity index (χ2n) is 3.70. The van der Waals surface area contributed by atoms with Crippen molar-refractivity contribution in [3.8, 4) is 0 Å². The van der Waals surface area contributed by atoms with Crippen molar-refractivity contribution in [2.75, 3.05) is 0 Å². The van der Waals surface area contributed by atoms with Crippen molar-refractivity contribution in [1.29, 1.82) is 0 Å². The lowest BCUT2D eigenvalue weighted by atomic mass is 9.98. The molecule has 0 amide bonds. The van der Waals surface area contributed by atoms with Crippen molar-refractivity contribution >= 4 is 0 Å². The molecule has 14 heavy (non-hydrogen) atoms. The molecule has 78 valence electrons. The van der Waals surface area contributed by atoms with E-state index in [-0.39, 0.29) is 6.04 Å². The first-order valence-electron chi connectivity index (χ1n) is 4.67. The highest BCUT2D eigenvalue weighted by Gasteiger charge is 2.20. The van der Waals surface area contributed by atoms with Crippen molar-refractivity contribution < 1.29 is 4.42 Å². The minimum atomic E-state index is -0.0209. The third kappa shape index (κ3) is 1.74. The predicted molar refractivity (Wildman–Crippen MR) is 57.8 cm³/mol. The van der Waals surface area contributed by atoms with Gasteiger partial charge in [-0.3, -0.25) is 5.84 Å². The van der Waals surface area contributed by atoms with Crippen LogP contribution in [0.15, 0.2) is 16.6 Å². The van der Waals surface area contributed by atoms with Crippen molar-refractivity contribution in [2.24, 2.45) is 5.84 Å². The molecule has 1 rings (SSSR count). The summed E-state index contributed by atoms with van der Waals surface area (Å²) >= 11 is 0. The fourth-order valence-electron chi connectivity index (χ4n) is 1.71. The topological polar surface area (TPSA) is 51.2 Å². The smallest absolute Gasteiger partial charge is 0.106 e. The third-order valence-electron chi connectivity index (χ3n) is 2.57. The molecule has 3 heteroatoms. The van der Waals surface area contributed by atoms with E-state index in [4.69, 9.17) is 10.3 Å². The van der Waals surface area contributed by atoms with Crippen LogP contribution in [0.1, 0.15) is 35.6 Å². The Kier molecular flexibility index (Phi) is 3.13. The second-order valence-corrected chi connectivity index (χ2v) is 3.70. The summed E-state index contributed by atoms with van der Waals surface area (Å²) in [5.41, 5.74) is 5.99. The van der Waals surface area contributed by atoms with Gasteiger partial charge in [-0.15, -0.1) is 0 Å². The van der Waals surface area contributed by atoms with Gasteiger partial charge >= 0.3 is 0 Å². The number of furan rings is 1. The fraction of sp³-hybridized carbons (Fsp3) is 0.455. The number of nitrogens with two attached hydrogens (primary N) is 1. The molecule has 1 heterocycles. The number of nitrogens with one attached hydrogen (secondary N) is 1. The molecule has 3 nitrogen and oxygen atoms in total. The molecule has 0 radical (unpaired) electrons. The van der Waals surface area contributed by atoms with Gasteiger partial charge in [0.15, 0.2) is 0 Å². The van der Waals surface area contributed by atoms with Crippen LogP contribution in [-0.4, -0.2) is 0 Å². The summed E-state index contributed by atoms with van der Waals surface area (Å²) in [6.45, 7) is 11.8. The summed E-state index contributed by atoms with van der Waals surface area (Å²) in [5.74, 6) is 7.35. The first-order valence-corrected chi connectivity index (χ1v) is 4.67. The number of hydrazine groups is 1. The largest absolute Gasteiger partial charge is 0.466 e. The molecule has 0 saturated heterocycles. The van der Waals surface area contributed by atoms with Gasteiger partial charge in [-0.25, -0.2) is 5.43 Å². The van der Waals surface area contributed by atoms with Gasteiger partial charge in [0.05, 0.1) is 6.04 Å². The summed E-state index contributed by atoms with van der Waals surface area (Å²) in [6.07, 6.45) is 0. The lowest BCUT2D eigenvalue weighted by Gasteiger charge is -2.16. The summed E-state index contributed by atoms with van der Waals surface area (Å²) < 4.78 is 5.54. The standard InChI is InChI=1S/C11H18N2O/c1-6(2)11(13-12)10-7(3)8(4)14-9(10)5/h11,13H,1,12H2,2-5H3. The van der Waals surface area contributed by atoms with E-state index in [9.17, 15) is 0 Å². The van der Waals surface area contributed by atoms with Crippen molar-refractivity contribution in [2.45, 2.75) is 33.7 Å². The highest BCUT2D eigenvalue weighted by Crippen LogP contribution is 2.29. The quantitative estimate of drug-likeness (QED) is 0.441. The van der Waals surface area contributed by atoms with Crippen LogP contribution in [-0.2, 0) is 0 Å². The minimum Gasteiger partial charge on any atom is -0.466 e. The second kappa shape index (κ2) is 3.98. The number of hydrogen-bond donors (Lipinski definition) is 2. The lowest BCUT2D eigenvalue weighted by Crippen LogP contribution is -2.29. The van der Waals surface area contributed by atoms with E-state index in [1.54, 1.807) is 0 Å². The number of hydrogen-bond acceptors (Lipinski definition) is 3. The Morgan fingerprint density at radius 3 is 2.21 bits per heavy atom. The molecule has 1 unspecified atom stereocenters. The van der Waals surface area contributed by atoms with Crippen LogP contribution in [0, 0.1) is 20.8 Å². The van der Waals surface area contributed by atoms with E-state index < -0.39 is 0 Å². The number of rotatable bonds is 3. The maximum absolute atomic E-state index is 5.54. The van der Waals surface area contributed by atoms with Crippen LogP contribution in [0.3, 0.4) is 0 Å². The van der Waals surface area contributed by atoms with Crippen LogP contribution in [0.4, 0.5) is 0 Å². The van der Waals surface area contributed by atoms with E-state index in [1.807, 2.05) is 27.7 Å². The Bertz CT molecular complexity index is 352. The maximum Gasteiger partial charge on any atom is 0.106 e. The molecule has 3 N–H and O–H groups in total. The van der Waals surface area contributed by atoms with E-state index in [1.165, 1.54) is 0 Å². The lowest BCUT2D eigenvalue weighted by molar-refractivity contribution is 0.493. The molecule has 0 fully saturated rings. The molecule has 0 aliphatic rings. The first-order chi connectivity index (χ1) is 6.49. The van der Waals surface area contributed by atoms with Crippen molar-refractivity contribution in [3.05, 3.63) is 34.8 Å². The predicted octanol–water partition coefficient (Wildman–Crippen LogP) is 2.29. The molecular formula is C11H18N2O. The average Bonchev–Trinajstić information content (AvgIpc) is 2.32. The third-order valence-corrected chi connectivity index (χ3v) is 2.57. The molecule has 1 atom stereocenters. The highest BCUT2D eigenvalue weighted by atomic mass is 16.3. The summed E-state index contributed by atoms with van der Waals surface area (Å²) in [5, 5.41) is 0. The van der Waals surface area contributed by atoms with E-state index in [2.05, 4.69) is 12.0 Å². The molecule has 0 spiro atoms. The van der Waals surface area contributed by atoms with Gasteiger partial charge in [0, 0.05) is 5.56 Å². The monoisotopic (exact) mass is 194 g/mol. The van der Waals surface area contributed by atoms with Gasteiger partial charge < -0.3 is 4.42 Å². The van der Waals surface area contributed by atoms with E-state index in [0.29, 0.717) is 0 Å². The summed E-state index contributed by atoms with van der Waals surface area (Å²) in [4.78, 5) is 0. The van der Waals surface area contributed by atoms with Gasteiger partial charge in [-0.2, -0.15) is 0 Å². The zero-order valence-electron chi connectivity index (χ0n) is 9.27. The van der Waals surface area contributed by atoms with Gasteiger partial charge in [0.2, 0.25) is 0 Å². The van der Waals surface area contributed by atoms with Crippen LogP contribution < -0.4 is 11.3 Å². The Morgan fingerprint density at radius 1 is 1.36 bits per heavy atom. The van der Waals surface area contributed by atoms with Crippen molar-refractivity contribution in [1.82, 2.24) is 5.43 Å². The Hall–Kier alpha value is -1.06. The van der Waals surface area contributed by atoms with E-state index in [0.717, 1.165) is 28.2 Å². The summed E-state index contributed by atoms with van der Waals surface area (Å²) in [6, 6.07) is -0.0209. The molecular weight excluding hydrogens is 176 g/mol. The van der Waals surface area contributed by atoms with Crippen LogP contribution >= 0.6 is 0 Å². The molecule has 0 aliphatic heterocycles. The van der Waals surface area contributed by atoms with Gasteiger partial charge in [-0.1, -0.05) is 12.2 Å². The molecule has 0 aliphatic carbocycles. The first kappa shape index (κ1) is 11.0. The molecule has 1 aromatic rings. The molecule has 0 saturated carbocycles. The Morgan fingerprint density at radius 2 is 1.93 bits per heavy atom. The van der Waals surface area contributed by atoms with Crippen molar-refractivity contribution in [3.63, 3.8) is 0 Å². The minimum absolute atomic E-state index is 0.0209. The molecule has 0 aromatic carbocycles. The van der Waals surface area contributed by atoms with Gasteiger partial charge in [0.25, 0.3) is 0 Å². The highest BCUT2D eigenvalue weighted by molar-refractivity contribution is 5.37. The van der Waals surface area contributed by atoms with Crippen LogP contribution in [0.5, 0.6) is 0 Å². The SMILES string of the molecule is C=C(C)C(NN)c1c(C)oc(C)c1C. The number of aryl methyl sites for hydroxylation is 2. The van der Waals surface area contributed by atoms with Gasteiger partial charge in [-0.05, 0) is 33.3 Å². The normalized spacial score (nSPS) is 12.9. The van der Waals surface area contributed by atoms with Gasteiger partial charge in [0.1, 0.15) is 11.5 Å². The zero-order valence-corrected chi connectivity index (χ0v) is 9.27. The average molecular weight is 194 g/mol.